The quantitative estimate of drug-likeness (QED) is 0.449. The molecule has 3 aromatic rings. The number of carbonyl (C=O) groups is 1. The highest BCUT2D eigenvalue weighted by Crippen LogP contribution is 2.54. The van der Waals surface area contributed by atoms with E-state index >= 15 is 0 Å². The predicted octanol–water partition coefficient (Wildman–Crippen LogP) is 5.92. The molecule has 0 bridgehead atoms. The van der Waals surface area contributed by atoms with Crippen molar-refractivity contribution in [3.63, 3.8) is 0 Å². The Morgan fingerprint density at radius 2 is 1.88 bits per heavy atom. The van der Waals surface area contributed by atoms with Crippen molar-refractivity contribution >= 4 is 28.0 Å². The summed E-state index contributed by atoms with van der Waals surface area (Å²) in [5.41, 5.74) is 5.33. The number of carboxylic acid groups (broad SMARTS) is 1. The monoisotopic (exact) mass is 459 g/mol. The zero-order chi connectivity index (χ0) is 24.2. The molecule has 0 saturated carbocycles. The van der Waals surface area contributed by atoms with Gasteiger partial charge >= 0.3 is 5.97 Å². The van der Waals surface area contributed by atoms with Gasteiger partial charge in [0.05, 0.1) is 18.7 Å². The van der Waals surface area contributed by atoms with Crippen molar-refractivity contribution < 1.29 is 24.5 Å². The lowest BCUT2D eigenvalue weighted by molar-refractivity contribution is -0.136. The first-order valence-electron chi connectivity index (χ1n) is 11.6. The second-order valence-electron chi connectivity index (χ2n) is 9.86. The third kappa shape index (κ3) is 3.63. The van der Waals surface area contributed by atoms with Crippen molar-refractivity contribution in [1.29, 1.82) is 0 Å². The molecule has 5 rings (SSSR count). The summed E-state index contributed by atoms with van der Waals surface area (Å²) in [6.07, 6.45) is 2.78. The highest BCUT2D eigenvalue weighted by atomic mass is 16.5. The fourth-order valence-electron chi connectivity index (χ4n) is 5.04. The largest absolute Gasteiger partial charge is 0.507 e. The van der Waals surface area contributed by atoms with Crippen molar-refractivity contribution in [2.75, 3.05) is 18.5 Å². The summed E-state index contributed by atoms with van der Waals surface area (Å²) in [6.45, 7) is 9.01. The molecule has 0 amide bonds. The number of carboxylic acids is 1. The van der Waals surface area contributed by atoms with E-state index in [2.05, 4.69) is 11.4 Å². The minimum Gasteiger partial charge on any atom is -0.507 e. The van der Waals surface area contributed by atoms with Gasteiger partial charge in [0.2, 0.25) is 0 Å². The maximum Gasteiger partial charge on any atom is 0.307 e. The number of ether oxygens (including phenoxy) is 2. The van der Waals surface area contributed by atoms with Gasteiger partial charge in [0.15, 0.2) is 0 Å². The Hall–Kier alpha value is -3.67. The maximum atomic E-state index is 12.0. The molecule has 0 saturated heterocycles. The molecule has 3 aromatic carbocycles. The van der Waals surface area contributed by atoms with Crippen molar-refractivity contribution in [3.05, 3.63) is 53.1 Å². The molecular formula is C28H29NO5. The van der Waals surface area contributed by atoms with Gasteiger partial charge in [0.1, 0.15) is 22.8 Å². The average Bonchev–Trinajstić information content (AvgIpc) is 2.78. The molecule has 2 heterocycles. The average molecular weight is 460 g/mol. The van der Waals surface area contributed by atoms with E-state index in [0.717, 1.165) is 39.9 Å². The molecule has 0 spiro atoms. The van der Waals surface area contributed by atoms with Crippen molar-refractivity contribution in [3.8, 4) is 28.4 Å². The van der Waals surface area contributed by atoms with Gasteiger partial charge in [-0.3, -0.25) is 4.79 Å². The summed E-state index contributed by atoms with van der Waals surface area (Å²) in [4.78, 5) is 12.0. The highest BCUT2D eigenvalue weighted by Gasteiger charge is 2.32. The fourth-order valence-corrected chi connectivity index (χ4v) is 5.04. The number of phenols is 1. The van der Waals surface area contributed by atoms with Crippen LogP contribution in [0.25, 0.3) is 27.5 Å². The number of hydrogen-bond acceptors (Lipinski definition) is 5. The Balaban J connectivity index is 1.95. The number of benzene rings is 3. The zero-order valence-corrected chi connectivity index (χ0v) is 19.9. The normalized spacial score (nSPS) is 14.6. The number of aromatic hydroxyl groups is 1. The van der Waals surface area contributed by atoms with E-state index in [1.807, 2.05) is 51.1 Å². The van der Waals surface area contributed by atoms with Gasteiger partial charge in [-0.05, 0) is 55.3 Å². The molecule has 34 heavy (non-hydrogen) atoms. The summed E-state index contributed by atoms with van der Waals surface area (Å²) in [5.74, 6) is 0.541. The van der Waals surface area contributed by atoms with E-state index in [9.17, 15) is 15.0 Å². The molecule has 0 unspecified atom stereocenters. The summed E-state index contributed by atoms with van der Waals surface area (Å²) < 4.78 is 12.5. The second-order valence-corrected chi connectivity index (χ2v) is 9.86. The Morgan fingerprint density at radius 3 is 2.59 bits per heavy atom. The maximum absolute atomic E-state index is 12.0. The van der Waals surface area contributed by atoms with Crippen LogP contribution in [0, 0.1) is 6.92 Å². The summed E-state index contributed by atoms with van der Waals surface area (Å²) >= 11 is 0. The molecule has 0 aromatic heterocycles. The minimum atomic E-state index is -0.958. The van der Waals surface area contributed by atoms with Crippen LogP contribution in [-0.2, 0) is 11.2 Å². The van der Waals surface area contributed by atoms with Crippen LogP contribution >= 0.6 is 0 Å². The van der Waals surface area contributed by atoms with Crippen molar-refractivity contribution in [2.24, 2.45) is 0 Å². The van der Waals surface area contributed by atoms with Gasteiger partial charge in [0.25, 0.3) is 0 Å². The van der Waals surface area contributed by atoms with Crippen LogP contribution in [0.2, 0.25) is 0 Å². The Labute approximate surface area is 198 Å². The molecule has 176 valence electrons. The van der Waals surface area contributed by atoms with Gasteiger partial charge in [-0.2, -0.15) is 0 Å². The molecule has 6 nitrogen and oxygen atoms in total. The smallest absolute Gasteiger partial charge is 0.307 e. The Morgan fingerprint density at radius 1 is 1.15 bits per heavy atom. The van der Waals surface area contributed by atoms with E-state index in [4.69, 9.17) is 9.47 Å². The van der Waals surface area contributed by atoms with E-state index < -0.39 is 11.6 Å². The predicted molar refractivity (Wildman–Crippen MR) is 134 cm³/mol. The molecule has 2 aliphatic rings. The van der Waals surface area contributed by atoms with Crippen LogP contribution in [0.15, 0.2) is 36.4 Å². The summed E-state index contributed by atoms with van der Waals surface area (Å²) in [6, 6.07) is 9.50. The number of hydrogen-bond donors (Lipinski definition) is 3. The molecule has 2 aliphatic heterocycles. The van der Waals surface area contributed by atoms with Crippen LogP contribution < -0.4 is 14.8 Å². The number of phenolic OH excluding ortho intramolecular Hbond substituents is 1. The molecule has 3 N–H and O–H groups in total. The zero-order valence-electron chi connectivity index (χ0n) is 19.9. The molecule has 6 heteroatoms. The van der Waals surface area contributed by atoms with Gasteiger partial charge < -0.3 is 25.0 Å². The number of anilines is 1. The van der Waals surface area contributed by atoms with Crippen LogP contribution in [0.3, 0.4) is 0 Å². The van der Waals surface area contributed by atoms with E-state index in [1.165, 1.54) is 5.57 Å². The number of aliphatic carboxylic acids is 1. The third-order valence-corrected chi connectivity index (χ3v) is 6.39. The fraction of sp³-hybridized carbons (Fsp3) is 0.321. The van der Waals surface area contributed by atoms with Crippen molar-refractivity contribution in [2.45, 2.75) is 46.1 Å². The molecule has 0 atom stereocenters. The summed E-state index contributed by atoms with van der Waals surface area (Å²) in [7, 11) is 0. The Bertz CT molecular complexity index is 1360. The van der Waals surface area contributed by atoms with Crippen LogP contribution in [-0.4, -0.2) is 34.9 Å². The van der Waals surface area contributed by atoms with Gasteiger partial charge in [-0.1, -0.05) is 30.3 Å². The topological polar surface area (TPSA) is 88.0 Å². The number of nitrogens with one attached hydrogen (secondary N) is 1. The first kappa shape index (κ1) is 22.1. The van der Waals surface area contributed by atoms with Crippen LogP contribution in [0.5, 0.6) is 17.2 Å². The van der Waals surface area contributed by atoms with Gasteiger partial charge in [-0.25, -0.2) is 0 Å². The van der Waals surface area contributed by atoms with Crippen LogP contribution in [0.1, 0.15) is 43.9 Å². The third-order valence-electron chi connectivity index (χ3n) is 6.39. The second kappa shape index (κ2) is 7.97. The van der Waals surface area contributed by atoms with E-state index in [-0.39, 0.29) is 12.2 Å². The molecule has 0 radical (unpaired) electrons. The Kier molecular flexibility index (Phi) is 5.19. The molecule has 0 fully saturated rings. The lowest BCUT2D eigenvalue weighted by atomic mass is 9.83. The minimum absolute atomic E-state index is 0.109. The SMILES string of the molecule is Cc1c(CC(=O)O)c(-c2c(OC(C)(C)C)cc3c4c2NCC=C4CCO3)c2ccccc2c1O. The standard InChI is InChI=1S/C28H29NO5/c1-15-19(13-22(30)31)24(17-7-5-6-8-18(17)27(15)32)25-21(34-28(2,3)4)14-20-23-16(10-12-33-20)9-11-29-26(23)25/h5-9,14,29,32H,10-13H2,1-4H3,(H,30,31). The van der Waals surface area contributed by atoms with Gasteiger partial charge in [0, 0.05) is 35.5 Å². The molecular weight excluding hydrogens is 430 g/mol. The molecule has 0 aliphatic carbocycles. The first-order chi connectivity index (χ1) is 16.2. The van der Waals surface area contributed by atoms with E-state index in [1.54, 1.807) is 6.92 Å². The number of rotatable bonds is 4. The first-order valence-corrected chi connectivity index (χ1v) is 11.6. The number of fused-ring (bicyclic) bond motifs is 1. The summed E-state index contributed by atoms with van der Waals surface area (Å²) in [5, 5.41) is 25.8. The van der Waals surface area contributed by atoms with Gasteiger partial charge in [-0.15, -0.1) is 0 Å². The lowest BCUT2D eigenvalue weighted by Gasteiger charge is -2.33. The van der Waals surface area contributed by atoms with E-state index in [0.29, 0.717) is 35.4 Å². The van der Waals surface area contributed by atoms with Crippen LogP contribution in [0.4, 0.5) is 5.69 Å². The highest BCUT2D eigenvalue weighted by molar-refractivity contribution is 6.09. The van der Waals surface area contributed by atoms with Crippen molar-refractivity contribution in [1.82, 2.24) is 0 Å². The lowest BCUT2D eigenvalue weighted by Crippen LogP contribution is -2.25.